The van der Waals surface area contributed by atoms with Gasteiger partial charge in [0.1, 0.15) is 17.5 Å². The third kappa shape index (κ3) is 4.46. The molecule has 178 valence electrons. The van der Waals surface area contributed by atoms with Gasteiger partial charge in [0.25, 0.3) is 5.91 Å². The number of nitrogens with one attached hydrogen (secondary N) is 4. The second-order valence-corrected chi connectivity index (χ2v) is 9.22. The smallest absolute Gasteiger partial charge is 0.251 e. The topological polar surface area (TPSA) is 112 Å². The summed E-state index contributed by atoms with van der Waals surface area (Å²) in [6, 6.07) is 6.70. The highest BCUT2D eigenvalue weighted by molar-refractivity contribution is 5.95. The van der Waals surface area contributed by atoms with Crippen molar-refractivity contribution in [2.24, 2.45) is 0 Å². The third-order valence-electron chi connectivity index (χ3n) is 6.19. The van der Waals surface area contributed by atoms with Crippen LogP contribution in [-0.2, 0) is 4.79 Å². The number of aromatic nitrogens is 3. The molecule has 4 N–H and O–H groups in total. The Morgan fingerprint density at radius 1 is 1.20 bits per heavy atom. The molecule has 0 atom stereocenters. The van der Waals surface area contributed by atoms with Gasteiger partial charge < -0.3 is 21.3 Å². The molecule has 2 amide bonds. The number of carbonyl (C=O) groups is 2. The number of allylic oxidation sites excluding steroid dienone is 1. The summed E-state index contributed by atoms with van der Waals surface area (Å²) in [5, 5.41) is 16.5. The van der Waals surface area contributed by atoms with Crippen LogP contribution in [0.3, 0.4) is 0 Å². The number of anilines is 3. The van der Waals surface area contributed by atoms with Crippen molar-refractivity contribution in [2.75, 3.05) is 10.6 Å². The molecule has 1 aromatic carbocycles. The maximum Gasteiger partial charge on any atom is 0.251 e. The highest BCUT2D eigenvalue weighted by Gasteiger charge is 2.25. The predicted octanol–water partition coefficient (Wildman–Crippen LogP) is 3.50. The SMILES string of the molecule is C=C1NC(=O)C/C1=C\c1cnn2c(NC3CC3)cc(Nc3ccc(C(=O)NC4CC4)cc3F)nc12. The number of hydrogen-bond acceptors (Lipinski definition) is 6. The van der Waals surface area contributed by atoms with Crippen LogP contribution in [0.4, 0.5) is 21.7 Å². The Balaban J connectivity index is 1.33. The molecule has 2 saturated carbocycles. The van der Waals surface area contributed by atoms with Crippen LogP contribution in [0.15, 0.2) is 48.3 Å². The van der Waals surface area contributed by atoms with Crippen molar-refractivity contribution in [3.8, 4) is 0 Å². The van der Waals surface area contributed by atoms with E-state index in [9.17, 15) is 14.0 Å². The van der Waals surface area contributed by atoms with Gasteiger partial charge in [0, 0.05) is 35.0 Å². The van der Waals surface area contributed by atoms with Crippen molar-refractivity contribution < 1.29 is 14.0 Å². The first kappa shape index (κ1) is 21.3. The Morgan fingerprint density at radius 3 is 2.69 bits per heavy atom. The van der Waals surface area contributed by atoms with E-state index in [-0.39, 0.29) is 35.5 Å². The molecule has 10 heteroatoms. The molecular weight excluding hydrogens is 449 g/mol. The fourth-order valence-corrected chi connectivity index (χ4v) is 3.98. The molecule has 1 aliphatic heterocycles. The number of benzene rings is 1. The highest BCUT2D eigenvalue weighted by atomic mass is 19.1. The van der Waals surface area contributed by atoms with Crippen molar-refractivity contribution in [3.05, 3.63) is 65.3 Å². The molecule has 3 aliphatic rings. The molecule has 3 fully saturated rings. The third-order valence-corrected chi connectivity index (χ3v) is 6.19. The minimum Gasteiger partial charge on any atom is -0.367 e. The largest absolute Gasteiger partial charge is 0.367 e. The lowest BCUT2D eigenvalue weighted by atomic mass is 10.1. The van der Waals surface area contributed by atoms with Gasteiger partial charge in [-0.3, -0.25) is 9.59 Å². The van der Waals surface area contributed by atoms with E-state index in [1.54, 1.807) is 22.8 Å². The first-order valence-electron chi connectivity index (χ1n) is 11.7. The molecule has 0 radical (unpaired) electrons. The lowest BCUT2D eigenvalue weighted by Gasteiger charge is -2.13. The lowest BCUT2D eigenvalue weighted by molar-refractivity contribution is -0.118. The predicted molar refractivity (Wildman–Crippen MR) is 130 cm³/mol. The van der Waals surface area contributed by atoms with Crippen molar-refractivity contribution in [2.45, 2.75) is 44.2 Å². The minimum absolute atomic E-state index is 0.103. The van der Waals surface area contributed by atoms with Crippen LogP contribution in [-0.4, -0.2) is 38.5 Å². The summed E-state index contributed by atoms with van der Waals surface area (Å²) >= 11 is 0. The van der Waals surface area contributed by atoms with Gasteiger partial charge in [-0.1, -0.05) is 6.58 Å². The van der Waals surface area contributed by atoms with Gasteiger partial charge in [0.2, 0.25) is 5.91 Å². The zero-order chi connectivity index (χ0) is 24.1. The molecule has 3 aromatic rings. The van der Waals surface area contributed by atoms with Crippen LogP contribution < -0.4 is 21.3 Å². The van der Waals surface area contributed by atoms with Gasteiger partial charge >= 0.3 is 0 Å². The lowest BCUT2D eigenvalue weighted by Crippen LogP contribution is -2.25. The zero-order valence-electron chi connectivity index (χ0n) is 18.9. The molecular formula is C25H24FN7O2. The van der Waals surface area contributed by atoms with Crippen LogP contribution in [0.1, 0.15) is 48.0 Å². The Bertz CT molecular complexity index is 1420. The maximum atomic E-state index is 14.9. The number of rotatable bonds is 7. The van der Waals surface area contributed by atoms with Gasteiger partial charge in [0.15, 0.2) is 5.65 Å². The van der Waals surface area contributed by atoms with Gasteiger partial charge in [0.05, 0.1) is 18.3 Å². The molecule has 0 bridgehead atoms. The number of halogens is 1. The van der Waals surface area contributed by atoms with Crippen molar-refractivity contribution >= 4 is 40.9 Å². The molecule has 1 saturated heterocycles. The standard InChI is InChI=1S/C25H24FN7O2/c1-13-15(10-23(34)28-13)8-16-12-27-33-22(29-17-3-4-17)11-21(32-24(16)33)31-20-7-2-14(9-19(20)26)25(35)30-18-5-6-18/h2,7-9,11-12,17-18,29H,1,3-6,10H2,(H,28,34)(H,30,35)(H,31,32)/b15-8+. The normalized spacial score (nSPS) is 18.7. The second-order valence-electron chi connectivity index (χ2n) is 9.22. The fraction of sp³-hybridized carbons (Fsp3) is 0.280. The van der Waals surface area contributed by atoms with Crippen LogP contribution in [0.5, 0.6) is 0 Å². The highest BCUT2D eigenvalue weighted by Crippen LogP contribution is 2.30. The van der Waals surface area contributed by atoms with E-state index in [2.05, 4.69) is 37.9 Å². The Hall–Kier alpha value is -4.21. The zero-order valence-corrected chi connectivity index (χ0v) is 18.9. The van der Waals surface area contributed by atoms with E-state index in [0.717, 1.165) is 37.1 Å². The van der Waals surface area contributed by atoms with E-state index in [4.69, 9.17) is 0 Å². The molecule has 3 heterocycles. The second kappa shape index (κ2) is 8.23. The summed E-state index contributed by atoms with van der Waals surface area (Å²) in [6.45, 7) is 3.89. The summed E-state index contributed by atoms with van der Waals surface area (Å²) in [6.07, 6.45) is 7.83. The number of fused-ring (bicyclic) bond motifs is 1. The summed E-state index contributed by atoms with van der Waals surface area (Å²) in [4.78, 5) is 28.6. The molecule has 0 unspecified atom stereocenters. The van der Waals surface area contributed by atoms with Gasteiger partial charge in [-0.25, -0.2) is 9.37 Å². The summed E-state index contributed by atoms with van der Waals surface area (Å²) in [5.41, 5.74) is 3.09. The van der Waals surface area contributed by atoms with Crippen LogP contribution in [0.2, 0.25) is 0 Å². The van der Waals surface area contributed by atoms with Crippen molar-refractivity contribution in [3.63, 3.8) is 0 Å². The number of nitrogens with zero attached hydrogens (tertiary/aromatic N) is 3. The quantitative estimate of drug-likeness (QED) is 0.418. The van der Waals surface area contributed by atoms with Crippen LogP contribution in [0.25, 0.3) is 11.7 Å². The van der Waals surface area contributed by atoms with E-state index < -0.39 is 5.82 Å². The van der Waals surface area contributed by atoms with Crippen molar-refractivity contribution in [1.82, 2.24) is 25.2 Å². The van der Waals surface area contributed by atoms with Crippen LogP contribution in [0, 0.1) is 5.82 Å². The van der Waals surface area contributed by atoms with Crippen molar-refractivity contribution in [1.29, 1.82) is 0 Å². The Kier molecular flexibility index (Phi) is 5.01. The van der Waals surface area contributed by atoms with E-state index in [1.807, 2.05) is 6.08 Å². The minimum atomic E-state index is -0.547. The number of hydrogen-bond donors (Lipinski definition) is 4. The molecule has 2 aromatic heterocycles. The summed E-state index contributed by atoms with van der Waals surface area (Å²) in [7, 11) is 0. The fourth-order valence-electron chi connectivity index (χ4n) is 3.98. The molecule has 35 heavy (non-hydrogen) atoms. The van der Waals surface area contributed by atoms with Gasteiger partial charge in [-0.15, -0.1) is 0 Å². The summed E-state index contributed by atoms with van der Waals surface area (Å²) in [5.74, 6) is 0.231. The monoisotopic (exact) mass is 473 g/mol. The Labute approximate surface area is 200 Å². The summed E-state index contributed by atoms with van der Waals surface area (Å²) < 4.78 is 16.6. The Morgan fingerprint density at radius 2 is 2.00 bits per heavy atom. The maximum absolute atomic E-state index is 14.9. The molecule has 2 aliphatic carbocycles. The number of amides is 2. The van der Waals surface area contributed by atoms with Gasteiger partial charge in [-0.05, 0) is 55.5 Å². The number of carbonyl (C=O) groups excluding carboxylic acids is 2. The van der Waals surface area contributed by atoms with E-state index in [0.29, 0.717) is 28.8 Å². The van der Waals surface area contributed by atoms with Crippen LogP contribution >= 0.6 is 0 Å². The van der Waals surface area contributed by atoms with Gasteiger partial charge in [-0.2, -0.15) is 9.61 Å². The average Bonchev–Trinajstić information content (AvgIpc) is 3.74. The van der Waals surface area contributed by atoms with E-state index in [1.165, 1.54) is 12.1 Å². The van der Waals surface area contributed by atoms with E-state index >= 15 is 0 Å². The molecule has 0 spiro atoms. The average molecular weight is 474 g/mol. The first-order valence-corrected chi connectivity index (χ1v) is 11.7. The molecule has 6 rings (SSSR count). The first-order chi connectivity index (χ1) is 16.9. The molecule has 9 nitrogen and oxygen atoms in total.